The maximum absolute atomic E-state index is 12.4. The van der Waals surface area contributed by atoms with E-state index >= 15 is 0 Å². The zero-order chi connectivity index (χ0) is 19.3. The maximum atomic E-state index is 12.4. The lowest BCUT2D eigenvalue weighted by Crippen LogP contribution is -2.26. The minimum Gasteiger partial charge on any atom is -0.311 e. The van der Waals surface area contributed by atoms with E-state index in [9.17, 15) is 13.2 Å². The van der Waals surface area contributed by atoms with Crippen molar-refractivity contribution in [2.24, 2.45) is 0 Å². The van der Waals surface area contributed by atoms with Gasteiger partial charge in [-0.3, -0.25) is 4.79 Å². The fourth-order valence-corrected chi connectivity index (χ4v) is 5.89. The summed E-state index contributed by atoms with van der Waals surface area (Å²) < 4.78 is 25.5. The molecule has 1 N–H and O–H groups in total. The molecule has 0 radical (unpaired) electrons. The summed E-state index contributed by atoms with van der Waals surface area (Å²) in [6.45, 7) is 6.25. The van der Waals surface area contributed by atoms with Gasteiger partial charge in [-0.25, -0.2) is 13.1 Å². The molecule has 1 aromatic carbocycles. The minimum atomic E-state index is -3.03. The summed E-state index contributed by atoms with van der Waals surface area (Å²) in [5.41, 5.74) is 4.23. The van der Waals surface area contributed by atoms with Crippen LogP contribution in [0.2, 0.25) is 0 Å². The molecule has 2 atom stereocenters. The summed E-state index contributed by atoms with van der Waals surface area (Å²) >= 11 is 0. The van der Waals surface area contributed by atoms with Crippen LogP contribution in [0.15, 0.2) is 24.3 Å². The van der Waals surface area contributed by atoms with Gasteiger partial charge in [-0.15, -0.1) is 0 Å². The van der Waals surface area contributed by atoms with Crippen molar-refractivity contribution >= 4 is 21.6 Å². The molecule has 0 bridgehead atoms. The molecule has 2 aromatic rings. The number of amides is 1. The van der Waals surface area contributed by atoms with Gasteiger partial charge in [0.1, 0.15) is 5.82 Å². The molecule has 1 fully saturated rings. The molecule has 0 spiro atoms. The number of carbonyl (C=O) groups is 1. The number of fused-ring (bicyclic) bond motifs is 1. The van der Waals surface area contributed by atoms with Crippen molar-refractivity contribution in [1.82, 2.24) is 9.78 Å². The quantitative estimate of drug-likeness (QED) is 0.877. The molecule has 7 heteroatoms. The molecule has 0 aliphatic carbocycles. The number of nitrogens with one attached hydrogen (secondary N) is 1. The second-order valence-corrected chi connectivity index (χ2v) is 10.2. The summed E-state index contributed by atoms with van der Waals surface area (Å²) in [6.07, 6.45) is 0.920. The third-order valence-corrected chi connectivity index (χ3v) is 7.44. The van der Waals surface area contributed by atoms with Crippen molar-refractivity contribution in [2.75, 3.05) is 16.8 Å². The summed E-state index contributed by atoms with van der Waals surface area (Å²) in [6, 6.07) is 8.23. The highest BCUT2D eigenvalue weighted by Gasteiger charge is 2.37. The lowest BCUT2D eigenvalue weighted by Gasteiger charge is -2.25. The Morgan fingerprint density at radius 3 is 2.52 bits per heavy atom. The Morgan fingerprint density at radius 1 is 1.22 bits per heavy atom. The highest BCUT2D eigenvalue weighted by molar-refractivity contribution is 7.91. The summed E-state index contributed by atoms with van der Waals surface area (Å²) in [7, 11) is -3.03. The lowest BCUT2D eigenvalue weighted by atomic mass is 9.85. The van der Waals surface area contributed by atoms with Crippen molar-refractivity contribution in [1.29, 1.82) is 0 Å². The highest BCUT2D eigenvalue weighted by Crippen LogP contribution is 2.41. The predicted octanol–water partition coefficient (Wildman–Crippen LogP) is 3.15. The number of anilines is 1. The van der Waals surface area contributed by atoms with Crippen molar-refractivity contribution in [3.05, 3.63) is 46.6 Å². The van der Waals surface area contributed by atoms with Gasteiger partial charge in [0.15, 0.2) is 9.84 Å². The van der Waals surface area contributed by atoms with Crippen molar-refractivity contribution in [3.63, 3.8) is 0 Å². The fraction of sp³-hybridized carbons (Fsp3) is 0.500. The molecule has 0 saturated carbocycles. The lowest BCUT2D eigenvalue weighted by molar-refractivity contribution is -0.116. The van der Waals surface area contributed by atoms with Crippen LogP contribution in [0.1, 0.15) is 67.0 Å². The number of hydrogen-bond donors (Lipinski definition) is 1. The Morgan fingerprint density at radius 2 is 1.93 bits per heavy atom. The molecule has 1 saturated heterocycles. The molecule has 3 heterocycles. The van der Waals surface area contributed by atoms with Gasteiger partial charge in [0.2, 0.25) is 5.91 Å². The van der Waals surface area contributed by atoms with Crippen LogP contribution in [0, 0.1) is 6.92 Å². The van der Waals surface area contributed by atoms with Crippen LogP contribution in [-0.4, -0.2) is 35.6 Å². The van der Waals surface area contributed by atoms with Gasteiger partial charge < -0.3 is 5.32 Å². The Hall–Kier alpha value is -2.15. The first-order valence-electron chi connectivity index (χ1n) is 9.44. The number of rotatable bonds is 3. The second-order valence-electron chi connectivity index (χ2n) is 7.98. The van der Waals surface area contributed by atoms with E-state index in [1.165, 1.54) is 5.56 Å². The van der Waals surface area contributed by atoms with Crippen LogP contribution >= 0.6 is 0 Å². The summed E-state index contributed by atoms with van der Waals surface area (Å²) in [5, 5.41) is 7.58. The average molecular weight is 388 g/mol. The van der Waals surface area contributed by atoms with Crippen LogP contribution in [0.4, 0.5) is 5.82 Å². The smallest absolute Gasteiger partial charge is 0.226 e. The third-order valence-electron chi connectivity index (χ3n) is 5.69. The summed E-state index contributed by atoms with van der Waals surface area (Å²) in [4.78, 5) is 12.4. The Bertz CT molecular complexity index is 990. The van der Waals surface area contributed by atoms with Crippen molar-refractivity contribution < 1.29 is 13.2 Å². The molecule has 1 amide bonds. The molecule has 0 unspecified atom stereocenters. The first kappa shape index (κ1) is 18.2. The van der Waals surface area contributed by atoms with Crippen LogP contribution in [0.25, 0.3) is 0 Å². The molecule has 144 valence electrons. The molecular formula is C20H25N3O3S. The number of carbonyl (C=O) groups excluding carboxylic acids is 1. The van der Waals surface area contributed by atoms with E-state index in [4.69, 9.17) is 0 Å². The number of aryl methyl sites for hydroxylation is 1. The first-order chi connectivity index (χ1) is 12.7. The van der Waals surface area contributed by atoms with E-state index in [1.54, 1.807) is 4.68 Å². The van der Waals surface area contributed by atoms with E-state index in [-0.39, 0.29) is 29.4 Å². The molecule has 2 aliphatic rings. The predicted molar refractivity (Wildman–Crippen MR) is 105 cm³/mol. The van der Waals surface area contributed by atoms with E-state index in [1.807, 2.05) is 6.92 Å². The molecule has 1 aromatic heterocycles. The van der Waals surface area contributed by atoms with Crippen LogP contribution in [0.5, 0.6) is 0 Å². The molecule has 6 nitrogen and oxygen atoms in total. The van der Waals surface area contributed by atoms with Gasteiger partial charge in [-0.05, 0) is 30.4 Å². The SMILES string of the molecule is Cc1nn([C@H]2CCS(=O)(=O)C2)c2c1[C@@H](c1ccc(C(C)C)cc1)CC(=O)N2. The van der Waals surface area contributed by atoms with Gasteiger partial charge in [0, 0.05) is 17.9 Å². The standard InChI is InChI=1S/C20H25N3O3S/c1-12(2)14-4-6-15(7-5-14)17-10-18(24)21-20-19(17)13(3)22-23(20)16-8-9-27(25,26)11-16/h4-7,12,16-17H,8-11H2,1-3H3,(H,21,24)/t16-,17+/m0/s1. The zero-order valence-electron chi connectivity index (χ0n) is 15.9. The van der Waals surface area contributed by atoms with Gasteiger partial charge in [0.25, 0.3) is 0 Å². The minimum absolute atomic E-state index is 0.0533. The Kier molecular flexibility index (Phi) is 4.37. The maximum Gasteiger partial charge on any atom is 0.226 e. The van der Waals surface area contributed by atoms with Gasteiger partial charge in [-0.1, -0.05) is 38.1 Å². The highest BCUT2D eigenvalue weighted by atomic mass is 32.2. The Labute approximate surface area is 159 Å². The van der Waals surface area contributed by atoms with E-state index in [0.717, 1.165) is 16.8 Å². The number of nitrogens with zero attached hydrogens (tertiary/aromatic N) is 2. The van der Waals surface area contributed by atoms with Gasteiger partial charge in [-0.2, -0.15) is 5.10 Å². The number of hydrogen-bond acceptors (Lipinski definition) is 4. The van der Waals surface area contributed by atoms with E-state index in [0.29, 0.717) is 24.6 Å². The monoisotopic (exact) mass is 387 g/mol. The van der Waals surface area contributed by atoms with Crippen molar-refractivity contribution in [2.45, 2.75) is 51.5 Å². The molecule has 4 rings (SSSR count). The Balaban J connectivity index is 1.75. The van der Waals surface area contributed by atoms with Gasteiger partial charge in [0.05, 0.1) is 23.2 Å². The summed E-state index contributed by atoms with van der Waals surface area (Å²) in [5.74, 6) is 1.29. The normalized spacial score (nSPS) is 24.1. The van der Waals surface area contributed by atoms with E-state index in [2.05, 4.69) is 48.5 Å². The average Bonchev–Trinajstić information content (AvgIpc) is 3.13. The first-order valence-corrected chi connectivity index (χ1v) is 11.3. The van der Waals surface area contributed by atoms with Crippen LogP contribution < -0.4 is 5.32 Å². The van der Waals surface area contributed by atoms with Crippen molar-refractivity contribution in [3.8, 4) is 0 Å². The molecule has 27 heavy (non-hydrogen) atoms. The van der Waals surface area contributed by atoms with E-state index < -0.39 is 9.84 Å². The van der Waals surface area contributed by atoms with Crippen LogP contribution in [-0.2, 0) is 14.6 Å². The number of sulfone groups is 1. The number of aromatic nitrogens is 2. The largest absolute Gasteiger partial charge is 0.311 e. The molecule has 2 aliphatic heterocycles. The number of benzene rings is 1. The molecular weight excluding hydrogens is 362 g/mol. The zero-order valence-corrected chi connectivity index (χ0v) is 16.7. The topological polar surface area (TPSA) is 81.1 Å². The third kappa shape index (κ3) is 3.29. The van der Waals surface area contributed by atoms with Crippen LogP contribution in [0.3, 0.4) is 0 Å². The van der Waals surface area contributed by atoms with Gasteiger partial charge >= 0.3 is 0 Å². The fourth-order valence-electron chi connectivity index (χ4n) is 4.20. The second kappa shape index (κ2) is 6.48.